The van der Waals surface area contributed by atoms with Crippen LogP contribution in [0.4, 0.5) is 0 Å². The topological polar surface area (TPSA) is 18.5 Å². The van der Waals surface area contributed by atoms with Gasteiger partial charge in [-0.2, -0.15) is 0 Å². The van der Waals surface area contributed by atoms with Gasteiger partial charge in [0.2, 0.25) is 0 Å². The van der Waals surface area contributed by atoms with E-state index in [1.807, 2.05) is 6.07 Å². The Morgan fingerprint density at radius 3 is 1.93 bits per heavy atom. The van der Waals surface area contributed by atoms with Gasteiger partial charge in [-0.25, -0.2) is 0 Å². The summed E-state index contributed by atoms with van der Waals surface area (Å²) in [4.78, 5) is 0. The van der Waals surface area contributed by atoms with Crippen LogP contribution in [0, 0.1) is 5.92 Å². The van der Waals surface area contributed by atoms with Crippen molar-refractivity contribution in [3.05, 3.63) is 45.7 Å². The molecule has 0 aromatic heterocycles. The molecular weight excluding hydrogens is 463 g/mol. The van der Waals surface area contributed by atoms with Gasteiger partial charge in [-0.15, -0.1) is 0 Å². The summed E-state index contributed by atoms with van der Waals surface area (Å²) in [7, 11) is 0. The molecule has 0 aliphatic carbocycles. The molecule has 0 N–H and O–H groups in total. The molecule has 0 saturated carbocycles. The first kappa shape index (κ1) is 26.6. The second-order valence-electron chi connectivity index (χ2n) is 8.60. The van der Waals surface area contributed by atoms with Crippen LogP contribution in [0.3, 0.4) is 0 Å². The van der Waals surface area contributed by atoms with Crippen LogP contribution in [-0.2, 0) is 16.1 Å². The SMILES string of the molecule is CCC[CH2][Sn]([CH2]CCC)([CH2]CCC)/[C](=C/C(C)CC)OCOCc1ccccc1. The van der Waals surface area contributed by atoms with Crippen molar-refractivity contribution in [3.63, 3.8) is 0 Å². The molecule has 0 amide bonds. The first-order valence-corrected chi connectivity index (χ1v) is 19.6. The van der Waals surface area contributed by atoms with Gasteiger partial charge in [-0.1, -0.05) is 0 Å². The van der Waals surface area contributed by atoms with Gasteiger partial charge in [0.25, 0.3) is 0 Å². The zero-order valence-corrected chi connectivity index (χ0v) is 22.7. The second-order valence-corrected chi connectivity index (χ2v) is 21.6. The Morgan fingerprint density at radius 2 is 1.45 bits per heavy atom. The van der Waals surface area contributed by atoms with E-state index in [1.165, 1.54) is 67.6 Å². The fraction of sp³-hybridized carbons (Fsp3) is 0.692. The zero-order chi connectivity index (χ0) is 21.4. The molecule has 0 aliphatic heterocycles. The zero-order valence-electron chi connectivity index (χ0n) is 19.8. The number of ether oxygens (including phenoxy) is 2. The summed E-state index contributed by atoms with van der Waals surface area (Å²) in [5.41, 5.74) is 1.21. The number of rotatable bonds is 17. The minimum atomic E-state index is -2.56. The Hall–Kier alpha value is -0.481. The van der Waals surface area contributed by atoms with Crippen LogP contribution in [0.2, 0.25) is 13.3 Å². The number of unbranched alkanes of at least 4 members (excludes halogenated alkanes) is 3. The fourth-order valence-corrected chi connectivity index (χ4v) is 19.8. The molecule has 0 radical (unpaired) electrons. The van der Waals surface area contributed by atoms with Crippen molar-refractivity contribution in [3.8, 4) is 0 Å². The Morgan fingerprint density at radius 1 is 0.897 bits per heavy atom. The van der Waals surface area contributed by atoms with Crippen LogP contribution in [0.1, 0.15) is 85.1 Å². The summed E-state index contributed by atoms with van der Waals surface area (Å²) in [6, 6.07) is 10.4. The average Bonchev–Trinajstić information content (AvgIpc) is 2.76. The van der Waals surface area contributed by atoms with Crippen molar-refractivity contribution in [2.45, 2.75) is 99.5 Å². The molecule has 3 heteroatoms. The van der Waals surface area contributed by atoms with Crippen molar-refractivity contribution in [1.82, 2.24) is 0 Å². The third-order valence-corrected chi connectivity index (χ3v) is 21.1. The monoisotopic (exact) mass is 510 g/mol. The molecule has 1 atom stereocenters. The van der Waals surface area contributed by atoms with Crippen LogP contribution >= 0.6 is 0 Å². The van der Waals surface area contributed by atoms with Gasteiger partial charge in [-0.3, -0.25) is 0 Å². The number of hydrogen-bond acceptors (Lipinski definition) is 2. The van der Waals surface area contributed by atoms with Crippen molar-refractivity contribution >= 4 is 18.4 Å². The normalized spacial score (nSPS) is 13.5. The van der Waals surface area contributed by atoms with Gasteiger partial charge in [-0.05, 0) is 0 Å². The first-order chi connectivity index (χ1) is 14.1. The van der Waals surface area contributed by atoms with E-state index < -0.39 is 18.4 Å². The maximum absolute atomic E-state index is 6.53. The Labute approximate surface area is 185 Å². The third-order valence-electron chi connectivity index (χ3n) is 6.04. The predicted molar refractivity (Wildman–Crippen MR) is 130 cm³/mol. The van der Waals surface area contributed by atoms with E-state index in [4.69, 9.17) is 9.47 Å². The van der Waals surface area contributed by atoms with Crippen LogP contribution in [0.25, 0.3) is 0 Å². The number of allylic oxidation sites excluding steroid dienone is 1. The molecule has 0 saturated heterocycles. The molecule has 0 bridgehead atoms. The first-order valence-electron chi connectivity index (χ1n) is 12.1. The molecule has 0 fully saturated rings. The molecule has 0 heterocycles. The number of benzene rings is 1. The van der Waals surface area contributed by atoms with E-state index in [9.17, 15) is 0 Å². The molecule has 166 valence electrons. The molecule has 1 unspecified atom stereocenters. The number of hydrogen-bond donors (Lipinski definition) is 0. The van der Waals surface area contributed by atoms with Gasteiger partial charge < -0.3 is 0 Å². The van der Waals surface area contributed by atoms with E-state index in [1.54, 1.807) is 0 Å². The molecule has 1 rings (SSSR count). The summed E-state index contributed by atoms with van der Waals surface area (Å²) in [6.45, 7) is 12.6. The standard InChI is InChI=1S/C14H19O2.3C4H9.Sn/c1-3-13(2)9-10-15-12-16-11-14-7-5-4-6-8-14;3*1-3-4-2;/h4-9,13H,3,11-12H2,1-2H3;3*1,3-4H2,2H3;. The molecule has 29 heavy (non-hydrogen) atoms. The van der Waals surface area contributed by atoms with Gasteiger partial charge in [0.15, 0.2) is 0 Å². The third kappa shape index (κ3) is 10.4. The van der Waals surface area contributed by atoms with Crippen LogP contribution in [0.5, 0.6) is 0 Å². The van der Waals surface area contributed by atoms with Gasteiger partial charge in [0, 0.05) is 0 Å². The summed E-state index contributed by atoms with van der Waals surface area (Å²) in [5.74, 6) is 0.583. The van der Waals surface area contributed by atoms with Crippen molar-refractivity contribution in [2.24, 2.45) is 5.92 Å². The van der Waals surface area contributed by atoms with Gasteiger partial charge in [0.05, 0.1) is 0 Å². The molecule has 1 aromatic rings. The van der Waals surface area contributed by atoms with Crippen LogP contribution < -0.4 is 0 Å². The van der Waals surface area contributed by atoms with Crippen molar-refractivity contribution < 1.29 is 9.47 Å². The Balaban J connectivity index is 2.96. The molecule has 2 nitrogen and oxygen atoms in total. The summed E-state index contributed by atoms with van der Waals surface area (Å²) < 4.78 is 18.2. The predicted octanol–water partition coefficient (Wildman–Crippen LogP) is 8.50. The molecule has 0 aliphatic rings. The quantitative estimate of drug-likeness (QED) is 0.0908. The van der Waals surface area contributed by atoms with E-state index >= 15 is 0 Å². The van der Waals surface area contributed by atoms with Crippen LogP contribution in [-0.4, -0.2) is 25.2 Å². The maximum atomic E-state index is 6.53. The Kier molecular flexibility index (Phi) is 14.9. The molecule has 1 aromatic carbocycles. The van der Waals surface area contributed by atoms with Crippen LogP contribution in [0.15, 0.2) is 40.2 Å². The van der Waals surface area contributed by atoms with E-state index in [0.29, 0.717) is 19.3 Å². The van der Waals surface area contributed by atoms with E-state index in [2.05, 4.69) is 65.0 Å². The Bertz CT molecular complexity index is 519. The van der Waals surface area contributed by atoms with Crippen molar-refractivity contribution in [2.75, 3.05) is 6.79 Å². The average molecular weight is 509 g/mol. The summed E-state index contributed by atoms with van der Waals surface area (Å²) in [5, 5.41) is 0. The molecular formula is C26H46O2Sn. The fourth-order valence-electron chi connectivity index (χ4n) is 3.88. The minimum absolute atomic E-state index is 0.389. The van der Waals surface area contributed by atoms with E-state index in [0.717, 1.165) is 0 Å². The van der Waals surface area contributed by atoms with Crippen molar-refractivity contribution in [1.29, 1.82) is 0 Å². The summed E-state index contributed by atoms with van der Waals surface area (Å²) >= 11 is -2.56. The second kappa shape index (κ2) is 16.2. The molecule has 0 spiro atoms. The van der Waals surface area contributed by atoms with Gasteiger partial charge in [0.1, 0.15) is 0 Å². The summed E-state index contributed by atoms with van der Waals surface area (Å²) in [6.07, 6.45) is 11.6. The van der Waals surface area contributed by atoms with Gasteiger partial charge >= 0.3 is 186 Å². The van der Waals surface area contributed by atoms with E-state index in [-0.39, 0.29) is 0 Å².